The molecule has 21 heavy (non-hydrogen) atoms. The van der Waals surface area contributed by atoms with E-state index in [1.807, 2.05) is 20.8 Å². The second-order valence-electron chi connectivity index (χ2n) is 6.85. The second-order valence-corrected chi connectivity index (χ2v) is 6.85. The van der Waals surface area contributed by atoms with Gasteiger partial charge in [0.1, 0.15) is 5.60 Å². The Morgan fingerprint density at radius 3 is 2.90 bits per heavy atom. The highest BCUT2D eigenvalue weighted by Crippen LogP contribution is 2.14. The molecular formula is C15H29N3O3. The Balaban J connectivity index is 1.79. The normalized spacial score (nSPS) is 26.9. The molecule has 0 radical (unpaired) electrons. The molecule has 0 saturated carbocycles. The van der Waals surface area contributed by atoms with Crippen LogP contribution in [0.25, 0.3) is 0 Å². The van der Waals surface area contributed by atoms with E-state index < -0.39 is 5.60 Å². The second kappa shape index (κ2) is 7.42. The molecule has 2 N–H and O–H groups in total. The molecule has 2 aliphatic rings. The summed E-state index contributed by atoms with van der Waals surface area (Å²) in [5.41, 5.74) is -0.457. The Hall–Kier alpha value is -0.850. The summed E-state index contributed by atoms with van der Waals surface area (Å²) < 4.78 is 11.0. The van der Waals surface area contributed by atoms with Gasteiger partial charge in [-0.15, -0.1) is 0 Å². The van der Waals surface area contributed by atoms with E-state index in [4.69, 9.17) is 9.47 Å². The van der Waals surface area contributed by atoms with Crippen molar-refractivity contribution in [2.45, 2.75) is 51.3 Å². The first kappa shape index (κ1) is 16.5. The number of ether oxygens (including phenoxy) is 2. The number of hydrogen-bond donors (Lipinski definition) is 2. The minimum Gasteiger partial charge on any atom is -0.444 e. The Bertz CT molecular complexity index is 338. The van der Waals surface area contributed by atoms with Gasteiger partial charge in [0.05, 0.1) is 19.3 Å². The van der Waals surface area contributed by atoms with Crippen LogP contribution in [0.5, 0.6) is 0 Å². The Morgan fingerprint density at radius 2 is 2.24 bits per heavy atom. The van der Waals surface area contributed by atoms with Crippen molar-refractivity contribution in [1.82, 2.24) is 15.5 Å². The molecule has 2 fully saturated rings. The van der Waals surface area contributed by atoms with Crippen LogP contribution in [0, 0.1) is 0 Å². The van der Waals surface area contributed by atoms with Crippen molar-refractivity contribution in [3.8, 4) is 0 Å². The van der Waals surface area contributed by atoms with Gasteiger partial charge in [0.25, 0.3) is 0 Å². The molecule has 0 aromatic heterocycles. The summed E-state index contributed by atoms with van der Waals surface area (Å²) in [7, 11) is 0. The third kappa shape index (κ3) is 5.45. The number of rotatable bonds is 4. The zero-order valence-electron chi connectivity index (χ0n) is 13.5. The van der Waals surface area contributed by atoms with E-state index in [1.54, 1.807) is 4.90 Å². The number of carbonyl (C=O) groups is 1. The molecule has 0 bridgehead atoms. The standard InChI is InChI=1S/C15H29N3O3/c1-15(2,3)21-14(19)18-7-8-20-11-13(18)10-16-9-12-5-4-6-17-12/h12-13,16-17H,4-11H2,1-3H3. The third-order valence-corrected chi connectivity index (χ3v) is 3.79. The lowest BCUT2D eigenvalue weighted by molar-refractivity contribution is -0.0317. The first-order valence-corrected chi connectivity index (χ1v) is 7.97. The molecule has 0 aromatic rings. The van der Waals surface area contributed by atoms with Crippen molar-refractivity contribution in [2.75, 3.05) is 39.4 Å². The number of nitrogens with one attached hydrogen (secondary N) is 2. The fourth-order valence-corrected chi connectivity index (χ4v) is 2.74. The van der Waals surface area contributed by atoms with Crippen LogP contribution in [-0.4, -0.2) is 68.1 Å². The molecule has 2 rings (SSSR count). The van der Waals surface area contributed by atoms with Gasteiger partial charge in [-0.1, -0.05) is 0 Å². The fraction of sp³-hybridized carbons (Fsp3) is 0.933. The molecule has 2 atom stereocenters. The minimum atomic E-state index is -0.457. The Kier molecular flexibility index (Phi) is 5.84. The van der Waals surface area contributed by atoms with Crippen molar-refractivity contribution in [2.24, 2.45) is 0 Å². The zero-order chi connectivity index (χ0) is 15.3. The molecule has 2 aliphatic heterocycles. The number of nitrogens with zero attached hydrogens (tertiary/aromatic N) is 1. The first-order valence-electron chi connectivity index (χ1n) is 7.97. The highest BCUT2D eigenvalue weighted by molar-refractivity contribution is 5.68. The minimum absolute atomic E-state index is 0.0509. The topological polar surface area (TPSA) is 62.8 Å². The van der Waals surface area contributed by atoms with Crippen molar-refractivity contribution in [1.29, 1.82) is 0 Å². The van der Waals surface area contributed by atoms with Crippen LogP contribution in [0.3, 0.4) is 0 Å². The van der Waals surface area contributed by atoms with Gasteiger partial charge < -0.3 is 20.1 Å². The van der Waals surface area contributed by atoms with Gasteiger partial charge in [-0.05, 0) is 40.2 Å². The summed E-state index contributed by atoms with van der Waals surface area (Å²) >= 11 is 0. The molecule has 2 saturated heterocycles. The molecule has 0 spiro atoms. The molecule has 0 aromatic carbocycles. The van der Waals surface area contributed by atoms with E-state index in [9.17, 15) is 4.79 Å². The number of amides is 1. The molecule has 6 heteroatoms. The van der Waals surface area contributed by atoms with E-state index in [0.29, 0.717) is 25.8 Å². The summed E-state index contributed by atoms with van der Waals surface area (Å²) in [5.74, 6) is 0. The summed E-state index contributed by atoms with van der Waals surface area (Å²) in [6.07, 6.45) is 2.24. The van der Waals surface area contributed by atoms with Crippen LogP contribution in [0.2, 0.25) is 0 Å². The molecule has 1 amide bonds. The number of hydrogen-bond acceptors (Lipinski definition) is 5. The Labute approximate surface area is 127 Å². The van der Waals surface area contributed by atoms with Gasteiger partial charge in [0.2, 0.25) is 0 Å². The zero-order valence-corrected chi connectivity index (χ0v) is 13.5. The van der Waals surface area contributed by atoms with Gasteiger partial charge in [0, 0.05) is 25.7 Å². The Morgan fingerprint density at radius 1 is 1.43 bits per heavy atom. The average Bonchev–Trinajstić information content (AvgIpc) is 2.90. The van der Waals surface area contributed by atoms with E-state index >= 15 is 0 Å². The lowest BCUT2D eigenvalue weighted by Gasteiger charge is -2.36. The van der Waals surface area contributed by atoms with E-state index in [2.05, 4.69) is 10.6 Å². The van der Waals surface area contributed by atoms with Gasteiger partial charge >= 0.3 is 6.09 Å². The summed E-state index contributed by atoms with van der Waals surface area (Å²) in [6.45, 7) is 10.2. The van der Waals surface area contributed by atoms with Crippen LogP contribution in [0.1, 0.15) is 33.6 Å². The maximum atomic E-state index is 12.3. The average molecular weight is 299 g/mol. The molecule has 2 heterocycles. The highest BCUT2D eigenvalue weighted by atomic mass is 16.6. The lowest BCUT2D eigenvalue weighted by atomic mass is 10.2. The van der Waals surface area contributed by atoms with Crippen molar-refractivity contribution < 1.29 is 14.3 Å². The van der Waals surface area contributed by atoms with Gasteiger partial charge in [-0.25, -0.2) is 4.79 Å². The maximum absolute atomic E-state index is 12.3. The third-order valence-electron chi connectivity index (χ3n) is 3.79. The van der Waals surface area contributed by atoms with E-state index in [0.717, 1.165) is 19.6 Å². The van der Waals surface area contributed by atoms with Crippen LogP contribution < -0.4 is 10.6 Å². The quantitative estimate of drug-likeness (QED) is 0.810. The molecule has 0 aliphatic carbocycles. The van der Waals surface area contributed by atoms with Crippen LogP contribution in [-0.2, 0) is 9.47 Å². The summed E-state index contributed by atoms with van der Waals surface area (Å²) in [6, 6.07) is 0.611. The lowest BCUT2D eigenvalue weighted by Crippen LogP contribution is -2.54. The number of carbonyl (C=O) groups excluding carboxylic acids is 1. The van der Waals surface area contributed by atoms with Crippen molar-refractivity contribution in [3.05, 3.63) is 0 Å². The van der Waals surface area contributed by atoms with Gasteiger partial charge in [-0.2, -0.15) is 0 Å². The van der Waals surface area contributed by atoms with E-state index in [-0.39, 0.29) is 12.1 Å². The largest absolute Gasteiger partial charge is 0.444 e. The van der Waals surface area contributed by atoms with Crippen LogP contribution in [0.4, 0.5) is 4.79 Å². The molecule has 122 valence electrons. The number of morpholine rings is 1. The summed E-state index contributed by atoms with van der Waals surface area (Å²) in [4.78, 5) is 14.0. The van der Waals surface area contributed by atoms with Crippen LogP contribution in [0.15, 0.2) is 0 Å². The molecule has 2 unspecified atom stereocenters. The fourth-order valence-electron chi connectivity index (χ4n) is 2.74. The van der Waals surface area contributed by atoms with Crippen molar-refractivity contribution in [3.63, 3.8) is 0 Å². The SMILES string of the molecule is CC(C)(C)OC(=O)N1CCOCC1CNCC1CCCN1. The monoisotopic (exact) mass is 299 g/mol. The van der Waals surface area contributed by atoms with Crippen LogP contribution >= 0.6 is 0 Å². The van der Waals surface area contributed by atoms with Crippen molar-refractivity contribution >= 4 is 6.09 Å². The molecular weight excluding hydrogens is 270 g/mol. The maximum Gasteiger partial charge on any atom is 0.410 e. The highest BCUT2D eigenvalue weighted by Gasteiger charge is 2.30. The smallest absolute Gasteiger partial charge is 0.410 e. The van der Waals surface area contributed by atoms with E-state index in [1.165, 1.54) is 12.8 Å². The molecule has 6 nitrogen and oxygen atoms in total. The predicted octanol–water partition coefficient (Wildman–Crippen LogP) is 0.964. The summed E-state index contributed by atoms with van der Waals surface area (Å²) in [5, 5.41) is 6.91. The predicted molar refractivity (Wildman–Crippen MR) is 81.4 cm³/mol. The first-order chi connectivity index (χ1) is 9.96. The van der Waals surface area contributed by atoms with Gasteiger partial charge in [-0.3, -0.25) is 4.90 Å². The van der Waals surface area contributed by atoms with Gasteiger partial charge in [0.15, 0.2) is 0 Å².